The van der Waals surface area contributed by atoms with Gasteiger partial charge in [-0.1, -0.05) is 30.7 Å². The quantitative estimate of drug-likeness (QED) is 0.723. The molecule has 1 N–H and O–H groups in total. The third-order valence-electron chi connectivity index (χ3n) is 4.06. The van der Waals surface area contributed by atoms with Crippen LogP contribution in [-0.4, -0.2) is 34.2 Å². The van der Waals surface area contributed by atoms with E-state index in [4.69, 9.17) is 16.3 Å². The van der Waals surface area contributed by atoms with E-state index < -0.39 is 15.9 Å². The van der Waals surface area contributed by atoms with Gasteiger partial charge in [0.15, 0.2) is 0 Å². The van der Waals surface area contributed by atoms with Crippen molar-refractivity contribution < 1.29 is 17.9 Å². The lowest BCUT2D eigenvalue weighted by atomic mass is 10.0. The Kier molecular flexibility index (Phi) is 7.10. The molecule has 0 bridgehead atoms. The summed E-state index contributed by atoms with van der Waals surface area (Å²) in [5.74, 6) is 0.337. The van der Waals surface area contributed by atoms with Gasteiger partial charge in [0.05, 0.1) is 25.1 Å². The van der Waals surface area contributed by atoms with Crippen LogP contribution in [0.5, 0.6) is 5.75 Å². The number of nitrogens with zero attached hydrogens (tertiary/aromatic N) is 1. The minimum absolute atomic E-state index is 0.227. The van der Waals surface area contributed by atoms with Crippen molar-refractivity contribution in [2.24, 2.45) is 0 Å². The highest BCUT2D eigenvalue weighted by Gasteiger charge is 2.22. The minimum atomic E-state index is -3.63. The van der Waals surface area contributed by atoms with Crippen LogP contribution in [0.4, 0.5) is 5.69 Å². The number of hydrogen-bond acceptors (Lipinski definition) is 4. The molecule has 0 saturated carbocycles. The molecule has 0 unspecified atom stereocenters. The lowest BCUT2D eigenvalue weighted by Crippen LogP contribution is -2.41. The molecule has 0 saturated heterocycles. The van der Waals surface area contributed by atoms with Gasteiger partial charge in [-0.15, -0.1) is 0 Å². The average molecular weight is 411 g/mol. The van der Waals surface area contributed by atoms with Gasteiger partial charge in [-0.2, -0.15) is 0 Å². The van der Waals surface area contributed by atoms with Crippen LogP contribution >= 0.6 is 11.6 Å². The molecular weight excluding hydrogens is 388 g/mol. The fourth-order valence-corrected chi connectivity index (χ4v) is 3.62. The van der Waals surface area contributed by atoms with Gasteiger partial charge in [0.25, 0.3) is 0 Å². The zero-order valence-electron chi connectivity index (χ0n) is 15.5. The molecule has 2 rings (SSSR count). The Morgan fingerprint density at radius 3 is 2.22 bits per heavy atom. The number of benzene rings is 2. The summed E-state index contributed by atoms with van der Waals surface area (Å²) >= 11 is 5.86. The van der Waals surface area contributed by atoms with E-state index in [1.807, 2.05) is 31.2 Å². The molecule has 27 heavy (non-hydrogen) atoms. The number of carbonyl (C=O) groups is 1. The van der Waals surface area contributed by atoms with Crippen LogP contribution in [0, 0.1) is 0 Å². The summed E-state index contributed by atoms with van der Waals surface area (Å²) in [6.45, 7) is 1.63. The van der Waals surface area contributed by atoms with Gasteiger partial charge < -0.3 is 10.1 Å². The summed E-state index contributed by atoms with van der Waals surface area (Å²) in [5, 5.41) is 3.38. The summed E-state index contributed by atoms with van der Waals surface area (Å²) in [4.78, 5) is 12.5. The molecule has 146 valence electrons. The second-order valence-electron chi connectivity index (χ2n) is 6.05. The smallest absolute Gasteiger partial charge is 0.241 e. The SMILES string of the molecule is CC[C@@H](NC(=O)CN(c1ccc(Cl)cc1)S(C)(=O)=O)c1ccc(OC)cc1. The zero-order valence-corrected chi connectivity index (χ0v) is 17.0. The number of methoxy groups -OCH3 is 1. The van der Waals surface area contributed by atoms with Crippen molar-refractivity contribution in [2.75, 3.05) is 24.2 Å². The first kappa shape index (κ1) is 21.1. The molecule has 0 aliphatic heterocycles. The van der Waals surface area contributed by atoms with Crippen LogP contribution in [0.25, 0.3) is 0 Å². The van der Waals surface area contributed by atoms with E-state index in [9.17, 15) is 13.2 Å². The second-order valence-corrected chi connectivity index (χ2v) is 8.39. The molecule has 1 amide bonds. The first-order valence-electron chi connectivity index (χ1n) is 8.41. The van der Waals surface area contributed by atoms with Gasteiger partial charge in [-0.05, 0) is 48.4 Å². The van der Waals surface area contributed by atoms with Crippen molar-refractivity contribution in [1.82, 2.24) is 5.32 Å². The molecule has 0 fully saturated rings. The fourth-order valence-electron chi connectivity index (χ4n) is 2.64. The molecule has 0 aliphatic carbocycles. The molecule has 0 spiro atoms. The first-order valence-corrected chi connectivity index (χ1v) is 10.6. The maximum absolute atomic E-state index is 12.5. The number of carbonyl (C=O) groups excluding carboxylic acids is 1. The number of hydrogen-bond donors (Lipinski definition) is 1. The van der Waals surface area contributed by atoms with Gasteiger partial charge in [0, 0.05) is 5.02 Å². The van der Waals surface area contributed by atoms with Crippen molar-refractivity contribution in [2.45, 2.75) is 19.4 Å². The van der Waals surface area contributed by atoms with E-state index in [0.717, 1.165) is 21.9 Å². The van der Waals surface area contributed by atoms with Gasteiger partial charge in [0.1, 0.15) is 12.3 Å². The number of halogens is 1. The zero-order chi connectivity index (χ0) is 20.0. The largest absolute Gasteiger partial charge is 0.497 e. The number of amides is 1. The van der Waals surface area contributed by atoms with Crippen LogP contribution in [-0.2, 0) is 14.8 Å². The highest BCUT2D eigenvalue weighted by Crippen LogP contribution is 2.22. The Hall–Kier alpha value is -2.25. The van der Waals surface area contributed by atoms with Crippen molar-refractivity contribution in [1.29, 1.82) is 0 Å². The van der Waals surface area contributed by atoms with Crippen LogP contribution in [0.1, 0.15) is 24.9 Å². The van der Waals surface area contributed by atoms with E-state index in [-0.39, 0.29) is 12.6 Å². The van der Waals surface area contributed by atoms with Crippen molar-refractivity contribution >= 4 is 33.2 Å². The number of sulfonamides is 1. The van der Waals surface area contributed by atoms with Crippen LogP contribution in [0.3, 0.4) is 0 Å². The van der Waals surface area contributed by atoms with Crippen LogP contribution < -0.4 is 14.4 Å². The molecule has 1 atom stereocenters. The number of nitrogens with one attached hydrogen (secondary N) is 1. The lowest BCUT2D eigenvalue weighted by molar-refractivity contribution is -0.120. The maximum Gasteiger partial charge on any atom is 0.241 e. The Balaban J connectivity index is 2.15. The van der Waals surface area contributed by atoms with Gasteiger partial charge in [-0.25, -0.2) is 8.42 Å². The Morgan fingerprint density at radius 1 is 1.15 bits per heavy atom. The minimum Gasteiger partial charge on any atom is -0.497 e. The lowest BCUT2D eigenvalue weighted by Gasteiger charge is -2.24. The van der Waals surface area contributed by atoms with Crippen LogP contribution in [0.15, 0.2) is 48.5 Å². The van der Waals surface area contributed by atoms with E-state index >= 15 is 0 Å². The monoisotopic (exact) mass is 410 g/mol. The number of rotatable bonds is 8. The van der Waals surface area contributed by atoms with E-state index in [1.165, 1.54) is 0 Å². The van der Waals surface area contributed by atoms with Gasteiger partial charge in [-0.3, -0.25) is 9.10 Å². The Morgan fingerprint density at radius 2 is 1.74 bits per heavy atom. The summed E-state index contributed by atoms with van der Waals surface area (Å²) < 4.78 is 30.5. The third-order valence-corrected chi connectivity index (χ3v) is 5.46. The van der Waals surface area contributed by atoms with E-state index in [2.05, 4.69) is 5.32 Å². The molecule has 0 heterocycles. The number of anilines is 1. The highest BCUT2D eigenvalue weighted by atomic mass is 35.5. The average Bonchev–Trinajstić information content (AvgIpc) is 2.64. The molecule has 0 aromatic heterocycles. The predicted octanol–water partition coefficient (Wildman–Crippen LogP) is 3.38. The van der Waals surface area contributed by atoms with E-state index in [1.54, 1.807) is 31.4 Å². The standard InChI is InChI=1S/C19H23ClN2O4S/c1-4-18(14-5-11-17(26-2)12-6-14)21-19(23)13-22(27(3,24)25)16-9-7-15(20)8-10-16/h5-12,18H,4,13H2,1-3H3,(H,21,23)/t18-/m1/s1. The third kappa shape index (κ3) is 5.87. The summed E-state index contributed by atoms with van der Waals surface area (Å²) in [6, 6.07) is 13.5. The molecule has 2 aromatic carbocycles. The normalized spacial score (nSPS) is 12.3. The molecule has 6 nitrogen and oxygen atoms in total. The molecule has 8 heteroatoms. The highest BCUT2D eigenvalue weighted by molar-refractivity contribution is 7.92. The van der Waals surface area contributed by atoms with Crippen molar-refractivity contribution in [3.05, 3.63) is 59.1 Å². The molecule has 0 aliphatic rings. The van der Waals surface area contributed by atoms with Gasteiger partial charge >= 0.3 is 0 Å². The topological polar surface area (TPSA) is 75.7 Å². The van der Waals surface area contributed by atoms with Crippen LogP contribution in [0.2, 0.25) is 5.02 Å². The summed E-state index contributed by atoms with van der Waals surface area (Å²) in [5.41, 5.74) is 1.30. The number of ether oxygens (including phenoxy) is 1. The second kappa shape index (κ2) is 9.10. The van der Waals surface area contributed by atoms with Crippen molar-refractivity contribution in [3.63, 3.8) is 0 Å². The first-order chi connectivity index (χ1) is 12.7. The fraction of sp³-hybridized carbons (Fsp3) is 0.316. The Labute approximate surface area is 165 Å². The molecule has 0 radical (unpaired) electrons. The van der Waals surface area contributed by atoms with Gasteiger partial charge in [0.2, 0.25) is 15.9 Å². The molecular formula is C19H23ClN2O4S. The van der Waals surface area contributed by atoms with Crippen molar-refractivity contribution in [3.8, 4) is 5.75 Å². The summed E-state index contributed by atoms with van der Waals surface area (Å²) in [6.07, 6.45) is 1.73. The summed E-state index contributed by atoms with van der Waals surface area (Å²) in [7, 11) is -2.04. The predicted molar refractivity (Wildman–Crippen MR) is 108 cm³/mol. The Bertz CT molecular complexity index is 868. The molecule has 2 aromatic rings. The van der Waals surface area contributed by atoms with E-state index in [0.29, 0.717) is 17.1 Å². The maximum atomic E-state index is 12.5.